The smallest absolute Gasteiger partial charge is 0.317 e. The molecule has 0 aromatic heterocycles. The highest BCUT2D eigenvalue weighted by Crippen LogP contribution is 2.15. The Balaban J connectivity index is 2.03. The van der Waals surface area contributed by atoms with Gasteiger partial charge in [-0.05, 0) is 19.9 Å². The van der Waals surface area contributed by atoms with Gasteiger partial charge < -0.3 is 4.74 Å². The zero-order valence-electron chi connectivity index (χ0n) is 12.8. The predicted octanol–water partition coefficient (Wildman–Crippen LogP) is 1.71. The van der Waals surface area contributed by atoms with Crippen LogP contribution in [-0.4, -0.2) is 48.7 Å². The molecule has 1 heterocycles. The molecule has 2 rings (SSSR count). The third-order valence-electron chi connectivity index (χ3n) is 3.76. The number of likely N-dealkylation sites (tertiary alicyclic amines) is 1. The summed E-state index contributed by atoms with van der Waals surface area (Å²) in [6, 6.07) is 9.04. The van der Waals surface area contributed by atoms with E-state index in [0.717, 1.165) is 0 Å². The number of rotatable bonds is 5. The second-order valence-corrected chi connectivity index (χ2v) is 5.40. The molecule has 0 spiro atoms. The summed E-state index contributed by atoms with van der Waals surface area (Å²) in [5, 5.41) is 0. The predicted molar refractivity (Wildman–Crippen MR) is 81.6 cm³/mol. The summed E-state index contributed by atoms with van der Waals surface area (Å²) in [6.45, 7) is 3.09. The molecule has 1 fully saturated rings. The molecule has 0 amide bonds. The van der Waals surface area contributed by atoms with Crippen molar-refractivity contribution in [1.82, 2.24) is 4.90 Å². The highest BCUT2D eigenvalue weighted by molar-refractivity contribution is 6.00. The van der Waals surface area contributed by atoms with Gasteiger partial charge in [0.25, 0.3) is 0 Å². The fourth-order valence-corrected chi connectivity index (χ4v) is 2.61. The van der Waals surface area contributed by atoms with Crippen molar-refractivity contribution in [1.29, 1.82) is 0 Å². The van der Waals surface area contributed by atoms with Gasteiger partial charge in [0.05, 0.1) is 13.2 Å². The van der Waals surface area contributed by atoms with Crippen LogP contribution in [0.25, 0.3) is 0 Å². The number of ketones is 2. The number of hydrogen-bond donors (Lipinski definition) is 0. The average molecular weight is 303 g/mol. The quantitative estimate of drug-likeness (QED) is 0.471. The van der Waals surface area contributed by atoms with E-state index >= 15 is 0 Å². The second kappa shape index (κ2) is 7.84. The van der Waals surface area contributed by atoms with Crippen molar-refractivity contribution in [2.75, 3.05) is 26.2 Å². The van der Waals surface area contributed by atoms with Crippen molar-refractivity contribution >= 4 is 17.5 Å². The summed E-state index contributed by atoms with van der Waals surface area (Å²) < 4.78 is 4.97. The summed E-state index contributed by atoms with van der Waals surface area (Å²) in [6.07, 6.45) is 1.02. The summed E-state index contributed by atoms with van der Waals surface area (Å²) >= 11 is 0. The number of carbonyl (C=O) groups excluding carboxylic acids is 3. The first-order valence-electron chi connectivity index (χ1n) is 7.61. The normalized spacial score (nSPS) is 19.5. The van der Waals surface area contributed by atoms with Crippen molar-refractivity contribution in [3.63, 3.8) is 0 Å². The minimum absolute atomic E-state index is 0.00226. The van der Waals surface area contributed by atoms with Crippen molar-refractivity contribution in [2.24, 2.45) is 5.92 Å². The van der Waals surface area contributed by atoms with Crippen molar-refractivity contribution < 1.29 is 19.1 Å². The van der Waals surface area contributed by atoms with Crippen molar-refractivity contribution in [2.45, 2.75) is 19.8 Å². The monoisotopic (exact) mass is 303 g/mol. The molecule has 1 aliphatic rings. The third-order valence-corrected chi connectivity index (χ3v) is 3.76. The second-order valence-electron chi connectivity index (χ2n) is 5.40. The van der Waals surface area contributed by atoms with Gasteiger partial charge in [0, 0.05) is 18.5 Å². The largest absolute Gasteiger partial charge is 0.465 e. The maximum absolute atomic E-state index is 12.3. The fourth-order valence-electron chi connectivity index (χ4n) is 2.61. The average Bonchev–Trinajstić information content (AvgIpc) is 2.70. The Morgan fingerprint density at radius 2 is 2.00 bits per heavy atom. The Morgan fingerprint density at radius 3 is 2.68 bits per heavy atom. The van der Waals surface area contributed by atoms with Crippen molar-refractivity contribution in [3.05, 3.63) is 35.9 Å². The summed E-state index contributed by atoms with van der Waals surface area (Å²) in [5.74, 6) is -1.34. The summed E-state index contributed by atoms with van der Waals surface area (Å²) in [7, 11) is 0. The molecule has 1 aromatic carbocycles. The van der Waals surface area contributed by atoms with Gasteiger partial charge in [-0.15, -0.1) is 0 Å². The van der Waals surface area contributed by atoms with Crippen LogP contribution >= 0.6 is 0 Å². The van der Waals surface area contributed by atoms with Crippen LogP contribution in [0.4, 0.5) is 0 Å². The van der Waals surface area contributed by atoms with Gasteiger partial charge in [0.1, 0.15) is 11.7 Å². The lowest BCUT2D eigenvalue weighted by Gasteiger charge is -2.21. The Bertz CT molecular complexity index is 541. The summed E-state index contributed by atoms with van der Waals surface area (Å²) in [5.41, 5.74) is 0.644. The Morgan fingerprint density at radius 1 is 1.27 bits per heavy atom. The molecular weight excluding hydrogens is 282 g/mol. The maximum atomic E-state index is 12.3. The lowest BCUT2D eigenvalue weighted by molar-refractivity contribution is -0.151. The fraction of sp³-hybridized carbons (Fsp3) is 0.471. The molecule has 0 bridgehead atoms. The van der Waals surface area contributed by atoms with E-state index in [-0.39, 0.29) is 31.3 Å². The van der Waals surface area contributed by atoms with Gasteiger partial charge in [0.15, 0.2) is 5.78 Å². The first-order valence-corrected chi connectivity index (χ1v) is 7.61. The van der Waals surface area contributed by atoms with Gasteiger partial charge in [0.2, 0.25) is 0 Å². The SMILES string of the molecule is CCOC(=O)C1CN(CC(=O)c2ccccc2)CCCC1=O. The first kappa shape index (κ1) is 16.4. The molecule has 0 N–H and O–H groups in total. The van der Waals surface area contributed by atoms with Crippen LogP contribution in [0.1, 0.15) is 30.1 Å². The van der Waals surface area contributed by atoms with Crippen LogP contribution in [0.2, 0.25) is 0 Å². The molecule has 1 saturated heterocycles. The van der Waals surface area contributed by atoms with E-state index in [9.17, 15) is 14.4 Å². The number of nitrogens with zero attached hydrogens (tertiary/aromatic N) is 1. The van der Waals surface area contributed by atoms with Gasteiger partial charge in [-0.3, -0.25) is 19.3 Å². The van der Waals surface area contributed by atoms with Crippen LogP contribution in [-0.2, 0) is 14.3 Å². The zero-order chi connectivity index (χ0) is 15.9. The maximum Gasteiger partial charge on any atom is 0.317 e. The lowest BCUT2D eigenvalue weighted by Crippen LogP contribution is -2.38. The standard InChI is InChI=1S/C17H21NO4/c1-2-22-17(21)14-11-18(10-6-9-15(14)19)12-16(20)13-7-4-3-5-8-13/h3-5,7-8,14H,2,6,9-12H2,1H3. The summed E-state index contributed by atoms with van der Waals surface area (Å²) in [4.78, 5) is 38.1. The molecule has 22 heavy (non-hydrogen) atoms. The number of ether oxygens (including phenoxy) is 1. The van der Waals surface area contributed by atoms with E-state index in [2.05, 4.69) is 0 Å². The Kier molecular flexibility index (Phi) is 5.83. The van der Waals surface area contributed by atoms with Gasteiger partial charge in [-0.1, -0.05) is 30.3 Å². The number of carbonyl (C=O) groups is 3. The van der Waals surface area contributed by atoms with E-state index in [4.69, 9.17) is 4.74 Å². The van der Waals surface area contributed by atoms with Crippen LogP contribution in [0.5, 0.6) is 0 Å². The Labute approximate surface area is 130 Å². The molecule has 118 valence electrons. The molecule has 1 aromatic rings. The van der Waals surface area contributed by atoms with Gasteiger partial charge >= 0.3 is 5.97 Å². The van der Waals surface area contributed by atoms with E-state index in [1.807, 2.05) is 23.1 Å². The van der Waals surface area contributed by atoms with Crippen LogP contribution in [0, 0.1) is 5.92 Å². The van der Waals surface area contributed by atoms with E-state index in [1.165, 1.54) is 0 Å². The Hall–Kier alpha value is -2.01. The minimum atomic E-state index is -0.772. The number of Topliss-reactive ketones (excluding diaryl/α,β-unsaturated/α-hetero) is 2. The van der Waals surface area contributed by atoms with E-state index in [0.29, 0.717) is 24.9 Å². The van der Waals surface area contributed by atoms with E-state index in [1.54, 1.807) is 19.1 Å². The number of hydrogen-bond acceptors (Lipinski definition) is 5. The zero-order valence-corrected chi connectivity index (χ0v) is 12.8. The molecule has 0 radical (unpaired) electrons. The highest BCUT2D eigenvalue weighted by Gasteiger charge is 2.32. The third kappa shape index (κ3) is 4.24. The molecule has 1 atom stereocenters. The molecule has 5 heteroatoms. The minimum Gasteiger partial charge on any atom is -0.465 e. The molecule has 1 unspecified atom stereocenters. The van der Waals surface area contributed by atoms with E-state index < -0.39 is 11.9 Å². The molecule has 0 saturated carbocycles. The lowest BCUT2D eigenvalue weighted by atomic mass is 10.0. The molecule has 1 aliphatic heterocycles. The van der Waals surface area contributed by atoms with Crippen LogP contribution in [0.3, 0.4) is 0 Å². The number of benzene rings is 1. The van der Waals surface area contributed by atoms with Gasteiger partial charge in [-0.2, -0.15) is 0 Å². The molecule has 0 aliphatic carbocycles. The first-order chi connectivity index (χ1) is 10.6. The van der Waals surface area contributed by atoms with Crippen LogP contribution in [0.15, 0.2) is 30.3 Å². The van der Waals surface area contributed by atoms with Gasteiger partial charge in [-0.25, -0.2) is 0 Å². The molecule has 5 nitrogen and oxygen atoms in total. The highest BCUT2D eigenvalue weighted by atomic mass is 16.5. The van der Waals surface area contributed by atoms with Crippen LogP contribution < -0.4 is 0 Å². The number of esters is 1. The van der Waals surface area contributed by atoms with Crippen molar-refractivity contribution in [3.8, 4) is 0 Å². The topological polar surface area (TPSA) is 63.7 Å². The molecular formula is C17H21NO4.